The number of nitrogens with one attached hydrogen (secondary N) is 2. The highest BCUT2D eigenvalue weighted by molar-refractivity contribution is 7.92. The van der Waals surface area contributed by atoms with Crippen molar-refractivity contribution >= 4 is 15.7 Å². The lowest BCUT2D eigenvalue weighted by molar-refractivity contribution is 0.511. The number of anilines is 1. The average molecular weight is 352 g/mol. The van der Waals surface area contributed by atoms with Gasteiger partial charge in [0, 0.05) is 17.5 Å². The fraction of sp³-hybridized carbons (Fsp3) is 0. The molecular weight excluding hydrogens is 341 g/mol. The van der Waals surface area contributed by atoms with Crippen molar-refractivity contribution in [1.29, 1.82) is 0 Å². The molecule has 4 nitrogen and oxygen atoms in total. The minimum absolute atomic E-state index is 0.191. The number of aromatic amines is 1. The fourth-order valence-corrected chi connectivity index (χ4v) is 3.20. The van der Waals surface area contributed by atoms with E-state index in [1.165, 1.54) is 30.3 Å². The molecule has 0 unspecified atom stereocenters. The van der Waals surface area contributed by atoms with E-state index in [1.54, 1.807) is 6.07 Å². The van der Waals surface area contributed by atoms with Crippen LogP contribution in [0, 0.1) is 17.5 Å². The van der Waals surface area contributed by atoms with Crippen molar-refractivity contribution in [3.63, 3.8) is 0 Å². The predicted molar refractivity (Wildman–Crippen MR) is 83.4 cm³/mol. The SMILES string of the molecule is O=S(=O)(Nc1cccc(F)c1F)c1c[nH]c(-c2ccccc2F)c1. The van der Waals surface area contributed by atoms with Crippen molar-refractivity contribution in [1.82, 2.24) is 4.98 Å². The summed E-state index contributed by atoms with van der Waals surface area (Å²) >= 11 is 0. The maximum absolute atomic E-state index is 13.7. The Labute approximate surface area is 136 Å². The number of halogens is 3. The van der Waals surface area contributed by atoms with Crippen LogP contribution in [0.25, 0.3) is 11.3 Å². The zero-order valence-electron chi connectivity index (χ0n) is 12.1. The molecule has 3 aromatic rings. The molecule has 124 valence electrons. The van der Waals surface area contributed by atoms with Crippen molar-refractivity contribution in [2.45, 2.75) is 4.90 Å². The van der Waals surface area contributed by atoms with E-state index in [0.29, 0.717) is 0 Å². The van der Waals surface area contributed by atoms with E-state index in [-0.39, 0.29) is 16.2 Å². The Hall–Kier alpha value is -2.74. The third kappa shape index (κ3) is 3.00. The summed E-state index contributed by atoms with van der Waals surface area (Å²) in [6.07, 6.45) is 1.14. The second-order valence-corrected chi connectivity index (χ2v) is 6.62. The van der Waals surface area contributed by atoms with Crippen molar-refractivity contribution < 1.29 is 21.6 Å². The van der Waals surface area contributed by atoms with Gasteiger partial charge in [0.2, 0.25) is 0 Å². The second-order valence-electron chi connectivity index (χ2n) is 4.94. The molecule has 0 atom stereocenters. The summed E-state index contributed by atoms with van der Waals surface area (Å²) in [4.78, 5) is 2.42. The highest BCUT2D eigenvalue weighted by Gasteiger charge is 2.20. The first-order chi connectivity index (χ1) is 11.4. The topological polar surface area (TPSA) is 62.0 Å². The molecule has 0 saturated carbocycles. The van der Waals surface area contributed by atoms with Crippen LogP contribution in [0.3, 0.4) is 0 Å². The molecule has 0 saturated heterocycles. The summed E-state index contributed by atoms with van der Waals surface area (Å²) in [5.74, 6) is -2.99. The van der Waals surface area contributed by atoms with Gasteiger partial charge < -0.3 is 4.98 Å². The average Bonchev–Trinajstić information content (AvgIpc) is 3.03. The van der Waals surface area contributed by atoms with E-state index in [4.69, 9.17) is 0 Å². The fourth-order valence-electron chi connectivity index (χ4n) is 2.15. The largest absolute Gasteiger partial charge is 0.360 e. The molecule has 24 heavy (non-hydrogen) atoms. The standard InChI is InChI=1S/C16H11F3N2O2S/c17-12-5-2-1-4-11(12)15-8-10(9-20-15)24(22,23)21-14-7-3-6-13(18)16(14)19/h1-9,20-21H. The number of hydrogen-bond acceptors (Lipinski definition) is 2. The molecular formula is C16H11F3N2O2S. The van der Waals surface area contributed by atoms with Crippen molar-refractivity contribution in [3.05, 3.63) is 72.2 Å². The van der Waals surface area contributed by atoms with E-state index < -0.39 is 33.2 Å². The van der Waals surface area contributed by atoms with Crippen LogP contribution in [-0.2, 0) is 10.0 Å². The number of rotatable bonds is 4. The molecule has 0 aliphatic carbocycles. The van der Waals surface area contributed by atoms with Crippen LogP contribution in [0.1, 0.15) is 0 Å². The Balaban J connectivity index is 1.94. The molecule has 0 aliphatic rings. The normalized spacial score (nSPS) is 11.5. The van der Waals surface area contributed by atoms with Gasteiger partial charge in [-0.3, -0.25) is 4.72 Å². The Bertz CT molecular complexity index is 1000. The van der Waals surface area contributed by atoms with Crippen LogP contribution in [0.2, 0.25) is 0 Å². The van der Waals surface area contributed by atoms with Gasteiger partial charge in [-0.1, -0.05) is 18.2 Å². The minimum atomic E-state index is -4.16. The molecule has 0 amide bonds. The van der Waals surface area contributed by atoms with Gasteiger partial charge in [0.15, 0.2) is 11.6 Å². The quantitative estimate of drug-likeness (QED) is 0.748. The molecule has 0 radical (unpaired) electrons. The van der Waals surface area contributed by atoms with Gasteiger partial charge in [-0.05, 0) is 30.3 Å². The molecule has 1 aromatic heterocycles. The predicted octanol–water partition coefficient (Wildman–Crippen LogP) is 3.90. The summed E-state index contributed by atoms with van der Waals surface area (Å²) in [6, 6.07) is 10.2. The third-order valence-electron chi connectivity index (χ3n) is 3.33. The van der Waals surface area contributed by atoms with Crippen molar-refractivity contribution in [2.24, 2.45) is 0 Å². The maximum atomic E-state index is 13.7. The molecule has 0 bridgehead atoms. The van der Waals surface area contributed by atoms with E-state index in [0.717, 1.165) is 18.3 Å². The van der Waals surface area contributed by atoms with Crippen LogP contribution >= 0.6 is 0 Å². The molecule has 0 aliphatic heterocycles. The van der Waals surface area contributed by atoms with Crippen LogP contribution in [0.5, 0.6) is 0 Å². The van der Waals surface area contributed by atoms with Gasteiger partial charge in [0.05, 0.1) is 5.69 Å². The van der Waals surface area contributed by atoms with Crippen molar-refractivity contribution in [2.75, 3.05) is 4.72 Å². The summed E-state index contributed by atoms with van der Waals surface area (Å²) in [5, 5.41) is 0. The van der Waals surface area contributed by atoms with Crippen LogP contribution in [-0.4, -0.2) is 13.4 Å². The summed E-state index contributed by atoms with van der Waals surface area (Å²) in [5.41, 5.74) is -0.0762. The zero-order chi connectivity index (χ0) is 17.3. The molecule has 2 N–H and O–H groups in total. The first-order valence-corrected chi connectivity index (χ1v) is 8.27. The van der Waals surface area contributed by atoms with E-state index in [2.05, 4.69) is 4.98 Å². The van der Waals surface area contributed by atoms with Gasteiger partial charge in [-0.2, -0.15) is 0 Å². The summed E-state index contributed by atoms with van der Waals surface area (Å²) < 4.78 is 67.1. The Morgan fingerprint density at radius 3 is 2.38 bits per heavy atom. The Morgan fingerprint density at radius 2 is 1.62 bits per heavy atom. The Morgan fingerprint density at radius 1 is 0.917 bits per heavy atom. The first-order valence-electron chi connectivity index (χ1n) is 6.78. The van der Waals surface area contributed by atoms with E-state index >= 15 is 0 Å². The van der Waals surface area contributed by atoms with Crippen LogP contribution < -0.4 is 4.72 Å². The lowest BCUT2D eigenvalue weighted by Gasteiger charge is -2.07. The molecule has 0 spiro atoms. The van der Waals surface area contributed by atoms with Gasteiger partial charge in [0.1, 0.15) is 10.7 Å². The Kier molecular flexibility index (Phi) is 4.06. The lowest BCUT2D eigenvalue weighted by Crippen LogP contribution is -2.13. The summed E-state index contributed by atoms with van der Waals surface area (Å²) in [7, 11) is -4.16. The molecule has 8 heteroatoms. The van der Waals surface area contributed by atoms with Gasteiger partial charge in [-0.15, -0.1) is 0 Å². The van der Waals surface area contributed by atoms with Crippen LogP contribution in [0.15, 0.2) is 59.6 Å². The highest BCUT2D eigenvalue weighted by Crippen LogP contribution is 2.26. The number of sulfonamides is 1. The van der Waals surface area contributed by atoms with Gasteiger partial charge in [0.25, 0.3) is 10.0 Å². The lowest BCUT2D eigenvalue weighted by atomic mass is 10.1. The van der Waals surface area contributed by atoms with E-state index in [1.807, 2.05) is 4.72 Å². The maximum Gasteiger partial charge on any atom is 0.263 e. The smallest absolute Gasteiger partial charge is 0.263 e. The van der Waals surface area contributed by atoms with Gasteiger partial charge >= 0.3 is 0 Å². The number of H-pyrrole nitrogens is 1. The summed E-state index contributed by atoms with van der Waals surface area (Å²) in [6.45, 7) is 0. The number of aromatic nitrogens is 1. The second kappa shape index (κ2) is 6.04. The molecule has 3 rings (SSSR count). The van der Waals surface area contributed by atoms with E-state index in [9.17, 15) is 21.6 Å². The zero-order valence-corrected chi connectivity index (χ0v) is 12.9. The molecule has 2 aromatic carbocycles. The number of hydrogen-bond donors (Lipinski definition) is 2. The highest BCUT2D eigenvalue weighted by atomic mass is 32.2. The molecule has 0 fully saturated rings. The van der Waals surface area contributed by atoms with Gasteiger partial charge in [-0.25, -0.2) is 21.6 Å². The minimum Gasteiger partial charge on any atom is -0.360 e. The first kappa shape index (κ1) is 16.1. The van der Waals surface area contributed by atoms with Crippen LogP contribution in [0.4, 0.5) is 18.9 Å². The molecule has 1 heterocycles. The number of benzene rings is 2. The third-order valence-corrected chi connectivity index (χ3v) is 4.67. The monoisotopic (exact) mass is 352 g/mol. The van der Waals surface area contributed by atoms with Crippen molar-refractivity contribution in [3.8, 4) is 11.3 Å².